The molecule has 0 spiro atoms. The van der Waals surface area contributed by atoms with Gasteiger partial charge < -0.3 is 9.64 Å². The van der Waals surface area contributed by atoms with Crippen molar-refractivity contribution >= 4 is 15.7 Å². The van der Waals surface area contributed by atoms with Crippen LogP contribution >= 0.6 is 0 Å². The minimum atomic E-state index is -3.53. The molecule has 2 heterocycles. The second-order valence-electron chi connectivity index (χ2n) is 10.6. The minimum absolute atomic E-state index is 0.0538. The highest BCUT2D eigenvalue weighted by atomic mass is 32.2. The minimum Gasteiger partial charge on any atom is -0.489 e. The third kappa shape index (κ3) is 6.34. The first kappa shape index (κ1) is 27.3. The molecular weight excluding hydrogens is 515 g/mol. The molecule has 1 amide bonds. The highest BCUT2D eigenvalue weighted by Crippen LogP contribution is 2.27. The van der Waals surface area contributed by atoms with Crippen molar-refractivity contribution in [3.63, 3.8) is 0 Å². The second kappa shape index (κ2) is 11.9. The van der Waals surface area contributed by atoms with Crippen LogP contribution < -0.4 is 4.74 Å². The third-order valence-corrected chi connectivity index (χ3v) is 9.59. The molecule has 2 aliphatic heterocycles. The maximum atomic E-state index is 15.1. The molecule has 0 bridgehead atoms. The van der Waals surface area contributed by atoms with Gasteiger partial charge in [0.25, 0.3) is 5.91 Å². The van der Waals surface area contributed by atoms with Crippen LogP contribution in [0.3, 0.4) is 0 Å². The summed E-state index contributed by atoms with van der Waals surface area (Å²) in [6.45, 7) is 4.85. The van der Waals surface area contributed by atoms with Crippen molar-refractivity contribution < 1.29 is 22.3 Å². The topological polar surface area (TPSA) is 66.9 Å². The number of carbonyl (C=O) groups excluding carboxylic acids is 1. The second-order valence-corrected chi connectivity index (χ2v) is 12.5. The Morgan fingerprint density at radius 1 is 0.949 bits per heavy atom. The molecule has 3 aromatic rings. The Kier molecular flexibility index (Phi) is 8.33. The van der Waals surface area contributed by atoms with E-state index in [4.69, 9.17) is 4.74 Å². The lowest BCUT2D eigenvalue weighted by atomic mass is 10.1. The van der Waals surface area contributed by atoms with E-state index >= 15 is 4.39 Å². The van der Waals surface area contributed by atoms with Gasteiger partial charge in [0.15, 0.2) is 9.84 Å². The lowest BCUT2D eigenvalue weighted by molar-refractivity contribution is 0.0692. The number of halogens is 1. The zero-order valence-corrected chi connectivity index (χ0v) is 23.1. The number of hydrogen-bond acceptors (Lipinski definition) is 5. The van der Waals surface area contributed by atoms with Crippen molar-refractivity contribution in [1.29, 1.82) is 0 Å². The fourth-order valence-corrected chi connectivity index (χ4v) is 7.09. The standard InChI is InChI=1S/C31H35FN2O4S/c1-23-9-7-17-33(23)20-26-12-8-18-34(26)31(35)29-16-15-27(19-30(29)32)38-21-24-10-5-6-11-25(24)22-39(36,37)28-13-3-2-4-14-28/h2-6,10-11,13-16,19,23,26H,7-9,12,17-18,20-22H2,1H3. The molecule has 0 radical (unpaired) electrons. The Hall–Kier alpha value is -3.23. The van der Waals surface area contributed by atoms with E-state index in [9.17, 15) is 13.2 Å². The van der Waals surface area contributed by atoms with Gasteiger partial charge in [0.2, 0.25) is 0 Å². The first-order valence-corrected chi connectivity index (χ1v) is 15.3. The van der Waals surface area contributed by atoms with Crippen LogP contribution in [0.2, 0.25) is 0 Å². The molecule has 2 atom stereocenters. The van der Waals surface area contributed by atoms with Crippen LogP contribution in [-0.2, 0) is 22.2 Å². The van der Waals surface area contributed by atoms with Crippen LogP contribution in [0.25, 0.3) is 0 Å². The van der Waals surface area contributed by atoms with Gasteiger partial charge in [-0.05, 0) is 74.5 Å². The van der Waals surface area contributed by atoms with Gasteiger partial charge in [-0.1, -0.05) is 42.5 Å². The summed E-state index contributed by atoms with van der Waals surface area (Å²) in [5.41, 5.74) is 1.38. The van der Waals surface area contributed by atoms with Crippen LogP contribution in [-0.4, -0.2) is 55.8 Å². The number of nitrogens with zero attached hydrogens (tertiary/aromatic N) is 2. The highest BCUT2D eigenvalue weighted by Gasteiger charge is 2.34. The maximum absolute atomic E-state index is 15.1. The van der Waals surface area contributed by atoms with E-state index in [2.05, 4.69) is 11.8 Å². The van der Waals surface area contributed by atoms with E-state index in [1.807, 2.05) is 11.0 Å². The summed E-state index contributed by atoms with van der Waals surface area (Å²) in [6, 6.07) is 20.5. The van der Waals surface area contributed by atoms with Crippen molar-refractivity contribution in [3.05, 3.63) is 95.3 Å². The number of sulfone groups is 1. The van der Waals surface area contributed by atoms with Gasteiger partial charge in [-0.2, -0.15) is 0 Å². The van der Waals surface area contributed by atoms with Crippen molar-refractivity contribution in [1.82, 2.24) is 9.80 Å². The molecule has 0 saturated carbocycles. The SMILES string of the molecule is CC1CCCN1CC1CCCN1C(=O)c1ccc(OCc2ccccc2CS(=O)(=O)c2ccccc2)cc1F. The van der Waals surface area contributed by atoms with E-state index in [0.717, 1.165) is 25.9 Å². The lowest BCUT2D eigenvalue weighted by Gasteiger charge is -2.31. The number of ether oxygens (including phenoxy) is 1. The molecule has 39 heavy (non-hydrogen) atoms. The first-order chi connectivity index (χ1) is 18.8. The average molecular weight is 551 g/mol. The van der Waals surface area contributed by atoms with E-state index in [1.165, 1.54) is 25.0 Å². The average Bonchev–Trinajstić information content (AvgIpc) is 3.57. The van der Waals surface area contributed by atoms with Gasteiger partial charge in [-0.25, -0.2) is 12.8 Å². The third-order valence-electron chi connectivity index (χ3n) is 7.91. The smallest absolute Gasteiger partial charge is 0.257 e. The number of rotatable bonds is 9. The lowest BCUT2D eigenvalue weighted by Crippen LogP contribution is -2.44. The van der Waals surface area contributed by atoms with Gasteiger partial charge in [0.1, 0.15) is 18.2 Å². The molecule has 206 valence electrons. The molecule has 0 aliphatic carbocycles. The fraction of sp³-hybridized carbons (Fsp3) is 0.387. The van der Waals surface area contributed by atoms with Crippen molar-refractivity contribution in [3.8, 4) is 5.75 Å². The van der Waals surface area contributed by atoms with Crippen molar-refractivity contribution in [2.24, 2.45) is 0 Å². The summed E-state index contributed by atoms with van der Waals surface area (Å²) in [6.07, 6.45) is 4.24. The van der Waals surface area contributed by atoms with Crippen LogP contribution in [0.15, 0.2) is 77.7 Å². The number of benzene rings is 3. The summed E-state index contributed by atoms with van der Waals surface area (Å²) in [7, 11) is -3.53. The van der Waals surface area contributed by atoms with E-state index in [0.29, 0.717) is 23.7 Å². The Morgan fingerprint density at radius 3 is 2.38 bits per heavy atom. The Balaban J connectivity index is 1.24. The monoisotopic (exact) mass is 550 g/mol. The molecule has 2 saturated heterocycles. The van der Waals surface area contributed by atoms with E-state index in [-0.39, 0.29) is 40.5 Å². The van der Waals surface area contributed by atoms with Crippen molar-refractivity contribution in [2.75, 3.05) is 19.6 Å². The summed E-state index contributed by atoms with van der Waals surface area (Å²) < 4.78 is 46.8. The molecule has 3 aromatic carbocycles. The zero-order valence-electron chi connectivity index (χ0n) is 22.3. The van der Waals surface area contributed by atoms with Gasteiger partial charge in [-0.3, -0.25) is 9.69 Å². The molecule has 2 unspecified atom stereocenters. The predicted molar refractivity (Wildman–Crippen MR) is 149 cm³/mol. The molecule has 2 aliphatic rings. The quantitative estimate of drug-likeness (QED) is 0.354. The first-order valence-electron chi connectivity index (χ1n) is 13.6. The molecule has 8 heteroatoms. The molecule has 5 rings (SSSR count). The summed E-state index contributed by atoms with van der Waals surface area (Å²) >= 11 is 0. The molecule has 0 N–H and O–H groups in total. The van der Waals surface area contributed by atoms with Crippen LogP contribution in [0.5, 0.6) is 5.75 Å². The predicted octanol–water partition coefficient (Wildman–Crippen LogP) is 5.47. The number of carbonyl (C=O) groups is 1. The number of likely N-dealkylation sites (tertiary alicyclic amines) is 2. The van der Waals surface area contributed by atoms with Gasteiger partial charge >= 0.3 is 0 Å². The highest BCUT2D eigenvalue weighted by molar-refractivity contribution is 7.90. The largest absolute Gasteiger partial charge is 0.489 e. The molecule has 2 fully saturated rings. The van der Waals surface area contributed by atoms with Crippen LogP contribution in [0, 0.1) is 5.82 Å². The van der Waals surface area contributed by atoms with Gasteiger partial charge in [0.05, 0.1) is 16.2 Å². The molecular formula is C31H35FN2O4S. The molecule has 6 nitrogen and oxygen atoms in total. The fourth-order valence-electron chi connectivity index (χ4n) is 5.66. The zero-order chi connectivity index (χ0) is 27.4. The van der Waals surface area contributed by atoms with E-state index < -0.39 is 15.7 Å². The van der Waals surface area contributed by atoms with Crippen LogP contribution in [0.4, 0.5) is 4.39 Å². The molecule has 0 aromatic heterocycles. The van der Waals surface area contributed by atoms with Gasteiger partial charge in [-0.15, -0.1) is 0 Å². The van der Waals surface area contributed by atoms with Crippen LogP contribution in [0.1, 0.15) is 54.1 Å². The van der Waals surface area contributed by atoms with Gasteiger partial charge in [0, 0.05) is 31.2 Å². The number of amides is 1. The summed E-state index contributed by atoms with van der Waals surface area (Å²) in [5.74, 6) is -0.762. The number of hydrogen-bond donors (Lipinski definition) is 0. The summed E-state index contributed by atoms with van der Waals surface area (Å²) in [4.78, 5) is 17.8. The van der Waals surface area contributed by atoms with E-state index in [1.54, 1.807) is 54.6 Å². The Labute approximate surface area is 230 Å². The maximum Gasteiger partial charge on any atom is 0.257 e. The van der Waals surface area contributed by atoms with Crippen molar-refractivity contribution in [2.45, 2.75) is 61.9 Å². The summed E-state index contributed by atoms with van der Waals surface area (Å²) in [5, 5.41) is 0. The normalized spacial score (nSPS) is 19.9. The Morgan fingerprint density at radius 2 is 1.67 bits per heavy atom. The Bertz CT molecular complexity index is 1410.